The first-order valence-electron chi connectivity index (χ1n) is 3.70. The number of rotatable bonds is 5. The lowest BCUT2D eigenvalue weighted by atomic mass is 9.90. The highest BCUT2D eigenvalue weighted by molar-refractivity contribution is 5.77. The van der Waals surface area contributed by atoms with Crippen LogP contribution >= 0.6 is 0 Å². The van der Waals surface area contributed by atoms with Crippen LogP contribution < -0.4 is 0 Å². The molecule has 0 bridgehead atoms. The Balaban J connectivity index is 3.93. The fourth-order valence-corrected chi connectivity index (χ4v) is 1.09. The predicted molar refractivity (Wildman–Crippen MR) is 39.7 cm³/mol. The summed E-state index contributed by atoms with van der Waals surface area (Å²) in [5.41, 5.74) is 0. The molecule has 0 aromatic rings. The van der Waals surface area contributed by atoms with Crippen LogP contribution in [0.25, 0.3) is 0 Å². The molecular formula is C8H14O2. The van der Waals surface area contributed by atoms with Crippen LogP contribution in [-0.4, -0.2) is 12.6 Å². The second-order valence-corrected chi connectivity index (χ2v) is 2.43. The largest absolute Gasteiger partial charge is 0.303 e. The van der Waals surface area contributed by atoms with Gasteiger partial charge in [-0.25, -0.2) is 0 Å². The number of hydrogen-bond donors (Lipinski definition) is 0. The fourth-order valence-electron chi connectivity index (χ4n) is 1.09. The van der Waals surface area contributed by atoms with E-state index in [0.29, 0.717) is 0 Å². The Labute approximate surface area is 61.6 Å². The van der Waals surface area contributed by atoms with Gasteiger partial charge in [-0.3, -0.25) is 0 Å². The minimum atomic E-state index is -0.380. The standard InChI is InChI=1S/C8H14O2/c1-3-7(4-2)8(5-9)6-10/h5-8H,3-4H2,1-2H3. The molecule has 58 valence electrons. The van der Waals surface area contributed by atoms with E-state index in [9.17, 15) is 9.59 Å². The Bertz CT molecular complexity index is 97.8. The summed E-state index contributed by atoms with van der Waals surface area (Å²) in [6.45, 7) is 3.99. The van der Waals surface area contributed by atoms with Gasteiger partial charge in [0.15, 0.2) is 0 Å². The van der Waals surface area contributed by atoms with Gasteiger partial charge in [-0.15, -0.1) is 0 Å². The Morgan fingerprint density at radius 2 is 1.50 bits per heavy atom. The van der Waals surface area contributed by atoms with Crippen molar-refractivity contribution < 1.29 is 9.59 Å². The van der Waals surface area contributed by atoms with Crippen molar-refractivity contribution in [2.24, 2.45) is 11.8 Å². The van der Waals surface area contributed by atoms with E-state index in [1.807, 2.05) is 13.8 Å². The van der Waals surface area contributed by atoms with Crippen LogP contribution in [0.1, 0.15) is 26.7 Å². The maximum Gasteiger partial charge on any atom is 0.130 e. The third kappa shape index (κ3) is 2.29. The highest BCUT2D eigenvalue weighted by atomic mass is 16.1. The maximum absolute atomic E-state index is 10.3. The molecule has 0 aromatic carbocycles. The van der Waals surface area contributed by atoms with Crippen molar-refractivity contribution in [3.8, 4) is 0 Å². The van der Waals surface area contributed by atoms with Crippen LogP contribution in [0.15, 0.2) is 0 Å². The molecule has 0 unspecified atom stereocenters. The Hall–Kier alpha value is -0.660. The number of carbonyl (C=O) groups excluding carboxylic acids is 2. The van der Waals surface area contributed by atoms with Crippen LogP contribution in [0.3, 0.4) is 0 Å². The normalized spacial score (nSPS) is 10.4. The maximum atomic E-state index is 10.3. The molecule has 0 amide bonds. The quantitative estimate of drug-likeness (QED) is 0.430. The van der Waals surface area contributed by atoms with Gasteiger partial charge >= 0.3 is 0 Å². The van der Waals surface area contributed by atoms with E-state index in [4.69, 9.17) is 0 Å². The molecule has 0 saturated carbocycles. The van der Waals surface area contributed by atoms with Crippen LogP contribution in [0, 0.1) is 11.8 Å². The van der Waals surface area contributed by atoms with E-state index >= 15 is 0 Å². The smallest absolute Gasteiger partial charge is 0.130 e. The van der Waals surface area contributed by atoms with Gasteiger partial charge in [0.05, 0.1) is 5.92 Å². The van der Waals surface area contributed by atoms with Gasteiger partial charge in [0.25, 0.3) is 0 Å². The zero-order chi connectivity index (χ0) is 7.98. The molecular weight excluding hydrogens is 128 g/mol. The summed E-state index contributed by atoms with van der Waals surface area (Å²) in [5.74, 6) is -0.134. The molecule has 2 nitrogen and oxygen atoms in total. The zero-order valence-electron chi connectivity index (χ0n) is 6.54. The van der Waals surface area contributed by atoms with Crippen LogP contribution in [0.4, 0.5) is 0 Å². The summed E-state index contributed by atoms with van der Waals surface area (Å²) in [7, 11) is 0. The van der Waals surface area contributed by atoms with E-state index < -0.39 is 0 Å². The Morgan fingerprint density at radius 3 is 1.60 bits per heavy atom. The Morgan fingerprint density at radius 1 is 1.10 bits per heavy atom. The highest BCUT2D eigenvalue weighted by Crippen LogP contribution is 2.15. The first-order chi connectivity index (χ1) is 4.79. The van der Waals surface area contributed by atoms with Crippen LogP contribution in [-0.2, 0) is 9.59 Å². The first-order valence-corrected chi connectivity index (χ1v) is 3.70. The minimum Gasteiger partial charge on any atom is -0.303 e. The summed E-state index contributed by atoms with van der Waals surface area (Å²) in [4.78, 5) is 20.5. The average molecular weight is 142 g/mol. The average Bonchev–Trinajstić information content (AvgIpc) is 2.00. The second-order valence-electron chi connectivity index (χ2n) is 2.43. The molecule has 0 aliphatic carbocycles. The number of carbonyl (C=O) groups is 2. The summed E-state index contributed by atoms with van der Waals surface area (Å²) >= 11 is 0. The molecule has 0 fully saturated rings. The molecule has 0 aromatic heterocycles. The van der Waals surface area contributed by atoms with Gasteiger partial charge in [-0.05, 0) is 5.92 Å². The number of hydrogen-bond acceptors (Lipinski definition) is 2. The molecule has 0 radical (unpaired) electrons. The van der Waals surface area contributed by atoms with Gasteiger partial charge in [0, 0.05) is 0 Å². The molecule has 10 heavy (non-hydrogen) atoms. The van der Waals surface area contributed by atoms with Crippen LogP contribution in [0.5, 0.6) is 0 Å². The van der Waals surface area contributed by atoms with Gasteiger partial charge in [0.1, 0.15) is 12.6 Å². The summed E-state index contributed by atoms with van der Waals surface area (Å²) in [5, 5.41) is 0. The molecule has 0 N–H and O–H groups in total. The molecule has 2 heteroatoms. The zero-order valence-corrected chi connectivity index (χ0v) is 6.54. The minimum absolute atomic E-state index is 0.245. The molecule has 0 saturated heterocycles. The van der Waals surface area contributed by atoms with Gasteiger partial charge in [-0.1, -0.05) is 26.7 Å². The second kappa shape index (κ2) is 5.15. The molecule has 0 aliphatic rings. The van der Waals surface area contributed by atoms with E-state index in [1.54, 1.807) is 0 Å². The van der Waals surface area contributed by atoms with Crippen molar-refractivity contribution >= 4 is 12.6 Å². The van der Waals surface area contributed by atoms with Gasteiger partial charge < -0.3 is 9.59 Å². The summed E-state index contributed by atoms with van der Waals surface area (Å²) in [6, 6.07) is 0. The summed E-state index contributed by atoms with van der Waals surface area (Å²) < 4.78 is 0. The third-order valence-corrected chi connectivity index (χ3v) is 1.91. The van der Waals surface area contributed by atoms with E-state index in [1.165, 1.54) is 0 Å². The lowest BCUT2D eigenvalue weighted by Gasteiger charge is -2.12. The van der Waals surface area contributed by atoms with E-state index in [-0.39, 0.29) is 11.8 Å². The monoisotopic (exact) mass is 142 g/mol. The fraction of sp³-hybridized carbons (Fsp3) is 0.750. The lowest BCUT2D eigenvalue weighted by molar-refractivity contribution is -0.121. The van der Waals surface area contributed by atoms with Gasteiger partial charge in [0.2, 0.25) is 0 Å². The molecule has 0 spiro atoms. The van der Waals surface area contributed by atoms with E-state index in [0.717, 1.165) is 25.4 Å². The predicted octanol–water partition coefficient (Wildman–Crippen LogP) is 1.44. The number of aldehydes is 2. The topological polar surface area (TPSA) is 34.1 Å². The van der Waals surface area contributed by atoms with Crippen LogP contribution in [0.2, 0.25) is 0 Å². The summed E-state index contributed by atoms with van der Waals surface area (Å²) in [6.07, 6.45) is 3.28. The van der Waals surface area contributed by atoms with Crippen molar-refractivity contribution in [2.75, 3.05) is 0 Å². The third-order valence-electron chi connectivity index (χ3n) is 1.91. The van der Waals surface area contributed by atoms with Crippen molar-refractivity contribution in [3.63, 3.8) is 0 Å². The lowest BCUT2D eigenvalue weighted by Crippen LogP contribution is -2.15. The van der Waals surface area contributed by atoms with Crippen molar-refractivity contribution in [2.45, 2.75) is 26.7 Å². The molecule has 0 aliphatic heterocycles. The highest BCUT2D eigenvalue weighted by Gasteiger charge is 2.15. The molecule has 0 atom stereocenters. The van der Waals surface area contributed by atoms with Crippen molar-refractivity contribution in [1.82, 2.24) is 0 Å². The van der Waals surface area contributed by atoms with Crippen molar-refractivity contribution in [3.05, 3.63) is 0 Å². The molecule has 0 heterocycles. The SMILES string of the molecule is CCC(CC)C(C=O)C=O. The Kier molecular flexibility index (Phi) is 4.81. The van der Waals surface area contributed by atoms with Gasteiger partial charge in [-0.2, -0.15) is 0 Å². The molecule has 0 rings (SSSR count). The van der Waals surface area contributed by atoms with E-state index in [2.05, 4.69) is 0 Å². The van der Waals surface area contributed by atoms with Crippen molar-refractivity contribution in [1.29, 1.82) is 0 Å². The first kappa shape index (κ1) is 9.34.